The first-order valence-corrected chi connectivity index (χ1v) is 7.45. The monoisotopic (exact) mass is 264 g/mol. The normalized spacial score (nSPS) is 11.9. The van der Waals surface area contributed by atoms with Crippen LogP contribution in [-0.4, -0.2) is 13.0 Å². The highest BCUT2D eigenvalue weighted by Crippen LogP contribution is 2.25. The number of rotatable bonds is 4. The molecule has 0 heterocycles. The Morgan fingerprint density at radius 3 is 2.28 bits per heavy atom. The number of fused-ring (bicyclic) bond motifs is 1. The Labute approximate surface area is 107 Å². The summed E-state index contributed by atoms with van der Waals surface area (Å²) in [6.45, 7) is 2.05. The van der Waals surface area contributed by atoms with Gasteiger partial charge in [-0.15, -0.1) is 0 Å². The fourth-order valence-corrected chi connectivity index (χ4v) is 2.84. The van der Waals surface area contributed by atoms with Crippen molar-refractivity contribution < 1.29 is 13.0 Å². The van der Waals surface area contributed by atoms with Gasteiger partial charge >= 0.3 is 0 Å². The Morgan fingerprint density at radius 2 is 1.72 bits per heavy atom. The maximum absolute atomic E-state index is 11.4. The molecule has 0 bridgehead atoms. The van der Waals surface area contributed by atoms with E-state index < -0.39 is 10.1 Å². The van der Waals surface area contributed by atoms with Crippen molar-refractivity contribution >= 4 is 20.9 Å². The van der Waals surface area contributed by atoms with Gasteiger partial charge in [-0.2, -0.15) is 8.42 Å². The van der Waals surface area contributed by atoms with Gasteiger partial charge in [-0.05, 0) is 41.3 Å². The molecule has 0 radical (unpaired) electrons. The predicted molar refractivity (Wildman–Crippen MR) is 72.4 cm³/mol. The number of hydrogen-bond acceptors (Lipinski definition) is 2. The summed E-state index contributed by atoms with van der Waals surface area (Å²) >= 11 is 0. The summed E-state index contributed by atoms with van der Waals surface area (Å²) in [5.74, 6) is 0. The third kappa shape index (κ3) is 2.71. The van der Waals surface area contributed by atoms with Gasteiger partial charge in [-0.3, -0.25) is 4.55 Å². The van der Waals surface area contributed by atoms with E-state index in [4.69, 9.17) is 0 Å². The van der Waals surface area contributed by atoms with Crippen LogP contribution in [-0.2, 0) is 16.5 Å². The molecule has 2 rings (SSSR count). The molecule has 18 heavy (non-hydrogen) atoms. The van der Waals surface area contributed by atoms with Crippen LogP contribution < -0.4 is 0 Å². The summed E-state index contributed by atoms with van der Waals surface area (Å²) in [6, 6.07) is 11.0. The zero-order chi connectivity index (χ0) is 13.2. The first kappa shape index (κ1) is 13.1. The molecule has 0 unspecified atom stereocenters. The minimum atomic E-state index is -4.16. The fourth-order valence-electron chi connectivity index (χ4n) is 2.07. The van der Waals surface area contributed by atoms with E-state index >= 15 is 0 Å². The topological polar surface area (TPSA) is 54.4 Å². The van der Waals surface area contributed by atoms with Crippen molar-refractivity contribution in [3.63, 3.8) is 0 Å². The molecule has 0 aliphatic heterocycles. The summed E-state index contributed by atoms with van der Waals surface area (Å²) in [6.07, 6.45) is 2.55. The molecule has 0 aromatic heterocycles. The van der Waals surface area contributed by atoms with Gasteiger partial charge in [0.05, 0.1) is 4.90 Å². The van der Waals surface area contributed by atoms with Crippen LogP contribution >= 0.6 is 0 Å². The molecule has 2 aromatic rings. The second kappa shape index (κ2) is 5.08. The van der Waals surface area contributed by atoms with E-state index in [1.807, 2.05) is 37.3 Å². The molecule has 2 aromatic carbocycles. The summed E-state index contributed by atoms with van der Waals surface area (Å²) in [7, 11) is -4.16. The maximum Gasteiger partial charge on any atom is 0.294 e. The zero-order valence-corrected chi connectivity index (χ0v) is 11.1. The van der Waals surface area contributed by atoms with Gasteiger partial charge in [-0.1, -0.05) is 37.6 Å². The quantitative estimate of drug-likeness (QED) is 0.861. The molecule has 1 N–H and O–H groups in total. The molecular formula is C14H16O3S. The molecule has 3 nitrogen and oxygen atoms in total. The fraction of sp³-hybridized carbons (Fsp3) is 0.286. The van der Waals surface area contributed by atoms with Crippen LogP contribution in [0, 0.1) is 0 Å². The van der Waals surface area contributed by atoms with Crippen molar-refractivity contribution in [3.05, 3.63) is 42.0 Å². The van der Waals surface area contributed by atoms with Crippen molar-refractivity contribution in [2.24, 2.45) is 0 Å². The molecule has 0 amide bonds. The molecule has 0 fully saturated rings. The van der Waals surface area contributed by atoms with Crippen LogP contribution in [0.15, 0.2) is 41.3 Å². The van der Waals surface area contributed by atoms with Crippen molar-refractivity contribution in [1.82, 2.24) is 0 Å². The molecule has 0 saturated heterocycles. The maximum atomic E-state index is 11.4. The first-order chi connectivity index (χ1) is 8.52. The highest BCUT2D eigenvalue weighted by Gasteiger charge is 2.15. The van der Waals surface area contributed by atoms with Crippen LogP contribution in [0.5, 0.6) is 0 Å². The van der Waals surface area contributed by atoms with E-state index in [0.717, 1.165) is 23.6 Å². The molecule has 0 spiro atoms. The molecule has 0 atom stereocenters. The second-order valence-corrected chi connectivity index (χ2v) is 5.78. The number of aryl methyl sites for hydroxylation is 1. The predicted octanol–water partition coefficient (Wildman–Crippen LogP) is 3.43. The lowest BCUT2D eigenvalue weighted by atomic mass is 10.0. The van der Waals surface area contributed by atoms with E-state index in [2.05, 4.69) is 0 Å². The summed E-state index contributed by atoms with van der Waals surface area (Å²) < 4.78 is 32.1. The Bertz CT molecular complexity index is 660. The average molecular weight is 264 g/mol. The molecule has 96 valence electrons. The Balaban J connectivity index is 2.64. The van der Waals surface area contributed by atoms with Crippen molar-refractivity contribution in [1.29, 1.82) is 0 Å². The van der Waals surface area contributed by atoms with Crippen LogP contribution in [0.4, 0.5) is 0 Å². The van der Waals surface area contributed by atoms with Crippen LogP contribution in [0.1, 0.15) is 25.3 Å². The summed E-state index contributed by atoms with van der Waals surface area (Å²) in [5, 5.41) is 1.82. The highest BCUT2D eigenvalue weighted by atomic mass is 32.2. The van der Waals surface area contributed by atoms with E-state index in [9.17, 15) is 13.0 Å². The van der Waals surface area contributed by atoms with E-state index in [0.29, 0.717) is 12.0 Å². The molecule has 0 saturated carbocycles. The van der Waals surface area contributed by atoms with Gasteiger partial charge in [0.25, 0.3) is 10.1 Å². The molecule has 4 heteroatoms. The van der Waals surface area contributed by atoms with Crippen LogP contribution in [0.2, 0.25) is 0 Å². The Hall–Kier alpha value is -1.39. The average Bonchev–Trinajstić information content (AvgIpc) is 2.34. The van der Waals surface area contributed by atoms with E-state index in [-0.39, 0.29) is 4.90 Å². The third-order valence-corrected chi connectivity index (χ3v) is 3.94. The highest BCUT2D eigenvalue weighted by molar-refractivity contribution is 7.85. The molecule has 0 aliphatic carbocycles. The van der Waals surface area contributed by atoms with E-state index in [1.165, 1.54) is 0 Å². The lowest BCUT2D eigenvalue weighted by Gasteiger charge is -2.09. The van der Waals surface area contributed by atoms with E-state index in [1.54, 1.807) is 6.07 Å². The lowest BCUT2D eigenvalue weighted by molar-refractivity contribution is 0.482. The van der Waals surface area contributed by atoms with Gasteiger partial charge in [0.15, 0.2) is 0 Å². The van der Waals surface area contributed by atoms with Crippen molar-refractivity contribution in [2.45, 2.75) is 31.1 Å². The smallest absolute Gasteiger partial charge is 0.282 e. The number of hydrogen-bond donors (Lipinski definition) is 1. The number of unbranched alkanes of at least 4 members (excludes halogenated alkanes) is 1. The number of benzene rings is 2. The van der Waals surface area contributed by atoms with Gasteiger partial charge in [0.1, 0.15) is 0 Å². The summed E-state index contributed by atoms with van der Waals surface area (Å²) in [4.78, 5) is 0.0367. The largest absolute Gasteiger partial charge is 0.294 e. The SMILES string of the molecule is CCCCc1cc2ccccc2cc1S(=O)(=O)O. The zero-order valence-electron chi connectivity index (χ0n) is 10.3. The van der Waals surface area contributed by atoms with Gasteiger partial charge in [0.2, 0.25) is 0 Å². The summed E-state index contributed by atoms with van der Waals surface area (Å²) in [5.41, 5.74) is 0.693. The Kier molecular flexibility index (Phi) is 3.68. The minimum Gasteiger partial charge on any atom is -0.282 e. The van der Waals surface area contributed by atoms with Crippen LogP contribution in [0.25, 0.3) is 10.8 Å². The van der Waals surface area contributed by atoms with Crippen molar-refractivity contribution in [2.75, 3.05) is 0 Å². The second-order valence-electron chi connectivity index (χ2n) is 4.39. The van der Waals surface area contributed by atoms with Crippen LogP contribution in [0.3, 0.4) is 0 Å². The lowest BCUT2D eigenvalue weighted by Crippen LogP contribution is -2.03. The molecule has 0 aliphatic rings. The van der Waals surface area contributed by atoms with Crippen molar-refractivity contribution in [3.8, 4) is 0 Å². The first-order valence-electron chi connectivity index (χ1n) is 6.01. The van der Waals surface area contributed by atoms with Gasteiger partial charge in [0, 0.05) is 0 Å². The Morgan fingerprint density at radius 1 is 1.11 bits per heavy atom. The van der Waals surface area contributed by atoms with Gasteiger partial charge in [-0.25, -0.2) is 0 Å². The third-order valence-electron chi connectivity index (χ3n) is 3.01. The molecular weight excluding hydrogens is 248 g/mol. The van der Waals surface area contributed by atoms with Gasteiger partial charge < -0.3 is 0 Å². The minimum absolute atomic E-state index is 0.0367. The standard InChI is InChI=1S/C14H16O3S/c1-2-3-6-13-9-11-7-4-5-8-12(11)10-14(13)18(15,16)17/h4-5,7-10H,2-3,6H2,1H3,(H,15,16,17).